The van der Waals surface area contributed by atoms with Crippen LogP contribution in [-0.4, -0.2) is 24.9 Å². The van der Waals surface area contributed by atoms with Gasteiger partial charge in [0.2, 0.25) is 0 Å². The molecule has 2 N–H and O–H groups in total. The van der Waals surface area contributed by atoms with Gasteiger partial charge in [-0.15, -0.1) is 0 Å². The molecule has 3 nitrogen and oxygen atoms in total. The number of benzene rings is 1. The first kappa shape index (κ1) is 11.2. The summed E-state index contributed by atoms with van der Waals surface area (Å²) in [5.41, 5.74) is 5.19. The lowest BCUT2D eigenvalue weighted by molar-refractivity contribution is 0.0403. The summed E-state index contributed by atoms with van der Waals surface area (Å²) in [7, 11) is 1.55. The van der Waals surface area contributed by atoms with Crippen LogP contribution in [0.25, 0.3) is 0 Å². The second-order valence-corrected chi connectivity index (χ2v) is 3.39. The fourth-order valence-electron chi connectivity index (χ4n) is 1.43. The number of aliphatic hydroxyl groups is 1. The second kappa shape index (κ2) is 5.75. The van der Waals surface area contributed by atoms with Crippen molar-refractivity contribution in [2.75, 3.05) is 13.7 Å². The first-order valence-corrected chi connectivity index (χ1v) is 4.71. The van der Waals surface area contributed by atoms with Crippen LogP contribution in [-0.2, 0) is 11.3 Å². The van der Waals surface area contributed by atoms with E-state index in [1.165, 1.54) is 11.1 Å². The van der Waals surface area contributed by atoms with Crippen molar-refractivity contribution >= 4 is 0 Å². The van der Waals surface area contributed by atoms with Crippen molar-refractivity contribution in [2.24, 2.45) is 0 Å². The van der Waals surface area contributed by atoms with Gasteiger partial charge in [-0.25, -0.2) is 0 Å². The molecule has 0 aliphatic rings. The van der Waals surface area contributed by atoms with Crippen molar-refractivity contribution in [1.82, 2.24) is 5.48 Å². The van der Waals surface area contributed by atoms with Crippen molar-refractivity contribution in [3.63, 3.8) is 0 Å². The number of aryl methyl sites for hydroxylation is 1. The van der Waals surface area contributed by atoms with Gasteiger partial charge in [-0.2, -0.15) is 5.48 Å². The molecule has 14 heavy (non-hydrogen) atoms. The van der Waals surface area contributed by atoms with E-state index >= 15 is 0 Å². The number of hydrogen-bond acceptors (Lipinski definition) is 3. The Bertz CT molecular complexity index is 276. The number of rotatable bonds is 5. The highest BCUT2D eigenvalue weighted by Crippen LogP contribution is 2.06. The van der Waals surface area contributed by atoms with E-state index in [-0.39, 0.29) is 12.6 Å². The molecule has 0 fully saturated rings. The third-order valence-electron chi connectivity index (χ3n) is 2.07. The van der Waals surface area contributed by atoms with Gasteiger partial charge in [0.05, 0.1) is 19.8 Å². The van der Waals surface area contributed by atoms with E-state index in [0.717, 1.165) is 6.42 Å². The van der Waals surface area contributed by atoms with Crippen LogP contribution in [0.3, 0.4) is 0 Å². The van der Waals surface area contributed by atoms with Crippen molar-refractivity contribution in [3.8, 4) is 0 Å². The van der Waals surface area contributed by atoms with Gasteiger partial charge >= 0.3 is 0 Å². The standard InChI is InChI=1S/C11H17NO2/c1-9-4-3-5-10(6-9)7-11(8-13)12-14-2/h3-6,11-13H,7-8H2,1-2H3/t11-/m0/s1. The molecule has 0 saturated carbocycles. The van der Waals surface area contributed by atoms with Gasteiger partial charge in [0.1, 0.15) is 0 Å². The maximum atomic E-state index is 9.05. The van der Waals surface area contributed by atoms with E-state index in [0.29, 0.717) is 0 Å². The van der Waals surface area contributed by atoms with Crippen LogP contribution in [0.2, 0.25) is 0 Å². The minimum Gasteiger partial charge on any atom is -0.395 e. The summed E-state index contributed by atoms with van der Waals surface area (Å²) in [5, 5.41) is 9.05. The molecule has 0 amide bonds. The number of nitrogens with one attached hydrogen (secondary N) is 1. The average Bonchev–Trinajstić information content (AvgIpc) is 2.17. The topological polar surface area (TPSA) is 41.5 Å². The molecule has 0 aromatic heterocycles. The van der Waals surface area contributed by atoms with Gasteiger partial charge in [-0.1, -0.05) is 29.8 Å². The maximum Gasteiger partial charge on any atom is 0.0610 e. The summed E-state index contributed by atoms with van der Waals surface area (Å²) < 4.78 is 0. The van der Waals surface area contributed by atoms with Crippen LogP contribution in [0, 0.1) is 6.92 Å². The highest BCUT2D eigenvalue weighted by molar-refractivity contribution is 5.22. The van der Waals surface area contributed by atoms with Crippen LogP contribution < -0.4 is 5.48 Å². The zero-order valence-electron chi connectivity index (χ0n) is 8.66. The van der Waals surface area contributed by atoms with Gasteiger partial charge in [-0.05, 0) is 18.9 Å². The molecule has 3 heteroatoms. The Balaban J connectivity index is 2.57. The quantitative estimate of drug-likeness (QED) is 0.690. The molecule has 0 aliphatic carbocycles. The Kier molecular flexibility index (Phi) is 4.59. The largest absolute Gasteiger partial charge is 0.395 e. The normalized spacial score (nSPS) is 12.8. The van der Waals surface area contributed by atoms with Crippen molar-refractivity contribution in [2.45, 2.75) is 19.4 Å². The highest BCUT2D eigenvalue weighted by atomic mass is 16.6. The zero-order chi connectivity index (χ0) is 10.4. The molecule has 0 heterocycles. The fourth-order valence-corrected chi connectivity index (χ4v) is 1.43. The van der Waals surface area contributed by atoms with Crippen molar-refractivity contribution < 1.29 is 9.94 Å². The van der Waals surface area contributed by atoms with Crippen LogP contribution in [0.1, 0.15) is 11.1 Å². The Hall–Kier alpha value is -0.900. The molecule has 1 aromatic carbocycles. The first-order chi connectivity index (χ1) is 6.76. The van der Waals surface area contributed by atoms with E-state index in [1.807, 2.05) is 12.1 Å². The third-order valence-corrected chi connectivity index (χ3v) is 2.07. The lowest BCUT2D eigenvalue weighted by Gasteiger charge is -2.14. The number of hydrogen-bond donors (Lipinski definition) is 2. The summed E-state index contributed by atoms with van der Waals surface area (Å²) in [6, 6.07) is 8.20. The van der Waals surface area contributed by atoms with Gasteiger partial charge in [0.15, 0.2) is 0 Å². The van der Waals surface area contributed by atoms with E-state index in [4.69, 9.17) is 9.94 Å². The molecule has 0 bridgehead atoms. The second-order valence-electron chi connectivity index (χ2n) is 3.39. The van der Waals surface area contributed by atoms with E-state index in [1.54, 1.807) is 7.11 Å². The van der Waals surface area contributed by atoms with E-state index in [2.05, 4.69) is 24.5 Å². The van der Waals surface area contributed by atoms with Crippen LogP contribution in [0.5, 0.6) is 0 Å². The molecule has 0 aliphatic heterocycles. The summed E-state index contributed by atoms with van der Waals surface area (Å²) in [6.07, 6.45) is 0.770. The highest BCUT2D eigenvalue weighted by Gasteiger charge is 2.07. The van der Waals surface area contributed by atoms with Gasteiger partial charge in [-0.3, -0.25) is 0 Å². The lowest BCUT2D eigenvalue weighted by Crippen LogP contribution is -2.33. The summed E-state index contributed by atoms with van der Waals surface area (Å²) >= 11 is 0. The van der Waals surface area contributed by atoms with Gasteiger partial charge < -0.3 is 9.94 Å². The molecular formula is C11H17NO2. The maximum absolute atomic E-state index is 9.05. The average molecular weight is 195 g/mol. The van der Waals surface area contributed by atoms with Gasteiger partial charge in [0.25, 0.3) is 0 Å². The molecule has 0 saturated heterocycles. The first-order valence-electron chi connectivity index (χ1n) is 4.71. The summed E-state index contributed by atoms with van der Waals surface area (Å²) in [4.78, 5) is 4.79. The van der Waals surface area contributed by atoms with Crippen molar-refractivity contribution in [1.29, 1.82) is 0 Å². The molecule has 0 unspecified atom stereocenters. The van der Waals surface area contributed by atoms with Crippen LogP contribution in [0.4, 0.5) is 0 Å². The molecular weight excluding hydrogens is 178 g/mol. The monoisotopic (exact) mass is 195 g/mol. The Morgan fingerprint density at radius 1 is 1.50 bits per heavy atom. The molecule has 1 atom stereocenters. The number of hydroxylamine groups is 1. The van der Waals surface area contributed by atoms with Crippen LogP contribution >= 0.6 is 0 Å². The Morgan fingerprint density at radius 2 is 2.29 bits per heavy atom. The van der Waals surface area contributed by atoms with E-state index in [9.17, 15) is 0 Å². The van der Waals surface area contributed by atoms with Crippen LogP contribution in [0.15, 0.2) is 24.3 Å². The smallest absolute Gasteiger partial charge is 0.0610 e. The predicted molar refractivity (Wildman–Crippen MR) is 55.9 cm³/mol. The number of aliphatic hydroxyl groups excluding tert-OH is 1. The Morgan fingerprint density at radius 3 is 2.86 bits per heavy atom. The molecule has 1 rings (SSSR count). The predicted octanol–water partition coefficient (Wildman–Crippen LogP) is 1.05. The van der Waals surface area contributed by atoms with E-state index < -0.39 is 0 Å². The molecule has 1 aromatic rings. The lowest BCUT2D eigenvalue weighted by atomic mass is 10.1. The molecule has 0 radical (unpaired) electrons. The minimum absolute atomic E-state index is 0.0400. The minimum atomic E-state index is -0.0400. The third kappa shape index (κ3) is 3.46. The van der Waals surface area contributed by atoms with Gasteiger partial charge in [0, 0.05) is 0 Å². The molecule has 78 valence electrons. The Labute approximate surface area is 84.7 Å². The summed E-state index contributed by atoms with van der Waals surface area (Å²) in [5.74, 6) is 0. The van der Waals surface area contributed by atoms with Crippen molar-refractivity contribution in [3.05, 3.63) is 35.4 Å². The molecule has 0 spiro atoms. The zero-order valence-corrected chi connectivity index (χ0v) is 8.66. The summed E-state index contributed by atoms with van der Waals surface area (Å²) in [6.45, 7) is 2.13. The fraction of sp³-hybridized carbons (Fsp3) is 0.455. The SMILES string of the molecule is CON[C@H](CO)Cc1cccc(C)c1.